The number of nitrogens with one attached hydrogen (secondary N) is 3. The third-order valence-electron chi connectivity index (χ3n) is 3.08. The minimum absolute atomic E-state index is 0.0278. The van der Waals surface area contributed by atoms with Crippen molar-refractivity contribution in [2.75, 3.05) is 12.3 Å². The standard InChI is InChI=1S/C14H22N6O4S/c1-8(21)19-11(13(16)23)6-25-14(24)10(20-12(22)2-3-15)4-9-5-17-7-18-9/h5,7,10-11H,2-4,6,15H2,1H3,(H2,16,23)(H,17,18)(H,19,21)(H,20,22)/t10?,11-/m1/s1. The van der Waals surface area contributed by atoms with Crippen LogP contribution in [0.25, 0.3) is 0 Å². The lowest BCUT2D eigenvalue weighted by Crippen LogP contribution is -2.46. The van der Waals surface area contributed by atoms with Gasteiger partial charge in [-0.3, -0.25) is 19.2 Å². The van der Waals surface area contributed by atoms with E-state index >= 15 is 0 Å². The van der Waals surface area contributed by atoms with E-state index in [2.05, 4.69) is 20.6 Å². The maximum atomic E-state index is 12.4. The summed E-state index contributed by atoms with van der Waals surface area (Å²) in [5.41, 5.74) is 11.2. The molecule has 0 aromatic carbocycles. The van der Waals surface area contributed by atoms with Crippen molar-refractivity contribution in [3.63, 3.8) is 0 Å². The molecule has 0 aliphatic rings. The number of nitrogens with two attached hydrogens (primary N) is 2. The Hall–Kier alpha value is -2.40. The monoisotopic (exact) mass is 370 g/mol. The van der Waals surface area contributed by atoms with Gasteiger partial charge in [-0.25, -0.2) is 4.98 Å². The molecule has 11 heteroatoms. The average Bonchev–Trinajstić information content (AvgIpc) is 3.03. The van der Waals surface area contributed by atoms with E-state index in [0.29, 0.717) is 5.69 Å². The largest absolute Gasteiger partial charge is 0.368 e. The molecule has 0 aliphatic carbocycles. The third-order valence-corrected chi connectivity index (χ3v) is 4.15. The zero-order valence-electron chi connectivity index (χ0n) is 13.8. The number of hydrogen-bond donors (Lipinski definition) is 5. The Morgan fingerprint density at radius 2 is 2.00 bits per heavy atom. The van der Waals surface area contributed by atoms with E-state index in [4.69, 9.17) is 11.5 Å². The summed E-state index contributed by atoms with van der Waals surface area (Å²) in [6.07, 6.45) is 3.31. The van der Waals surface area contributed by atoms with Crippen LogP contribution in [0.2, 0.25) is 0 Å². The highest BCUT2D eigenvalue weighted by molar-refractivity contribution is 8.13. The summed E-state index contributed by atoms with van der Waals surface area (Å²) in [4.78, 5) is 53.3. The predicted octanol–water partition coefficient (Wildman–Crippen LogP) is -1.96. The molecule has 0 aliphatic heterocycles. The molecule has 0 saturated carbocycles. The second kappa shape index (κ2) is 10.5. The number of aromatic nitrogens is 2. The van der Waals surface area contributed by atoms with Crippen molar-refractivity contribution in [1.82, 2.24) is 20.6 Å². The van der Waals surface area contributed by atoms with Gasteiger partial charge in [0.2, 0.25) is 22.8 Å². The smallest absolute Gasteiger partial charge is 0.240 e. The lowest BCUT2D eigenvalue weighted by Gasteiger charge is -2.18. The molecule has 25 heavy (non-hydrogen) atoms. The summed E-state index contributed by atoms with van der Waals surface area (Å²) in [6, 6.07) is -1.80. The second-order valence-corrected chi connectivity index (χ2v) is 6.25. The van der Waals surface area contributed by atoms with E-state index in [0.717, 1.165) is 11.8 Å². The molecule has 138 valence electrons. The molecule has 2 atom stereocenters. The fourth-order valence-electron chi connectivity index (χ4n) is 1.91. The predicted molar refractivity (Wildman–Crippen MR) is 92.2 cm³/mol. The molecule has 1 heterocycles. The van der Waals surface area contributed by atoms with E-state index in [1.54, 1.807) is 6.20 Å². The van der Waals surface area contributed by atoms with Gasteiger partial charge in [-0.05, 0) is 0 Å². The highest BCUT2D eigenvalue weighted by atomic mass is 32.2. The Bertz CT molecular complexity index is 606. The van der Waals surface area contributed by atoms with Crippen LogP contribution in [0, 0.1) is 0 Å². The van der Waals surface area contributed by atoms with Crippen molar-refractivity contribution in [2.45, 2.75) is 31.8 Å². The number of primary amides is 1. The molecule has 0 saturated heterocycles. The first-order valence-corrected chi connectivity index (χ1v) is 8.51. The van der Waals surface area contributed by atoms with E-state index in [9.17, 15) is 19.2 Å². The summed E-state index contributed by atoms with van der Waals surface area (Å²) in [6.45, 7) is 1.41. The molecule has 1 unspecified atom stereocenters. The van der Waals surface area contributed by atoms with Gasteiger partial charge in [0, 0.05) is 44.0 Å². The zero-order valence-corrected chi connectivity index (χ0v) is 14.6. The first kappa shape index (κ1) is 20.6. The van der Waals surface area contributed by atoms with Gasteiger partial charge in [-0.15, -0.1) is 0 Å². The molecule has 0 spiro atoms. The van der Waals surface area contributed by atoms with Crippen LogP contribution >= 0.6 is 11.8 Å². The summed E-state index contributed by atoms with van der Waals surface area (Å²) in [5.74, 6) is -1.55. The van der Waals surface area contributed by atoms with Gasteiger partial charge in [0.05, 0.1) is 6.33 Å². The molecule has 0 radical (unpaired) electrons. The number of imidazole rings is 1. The number of carbonyl (C=O) groups is 4. The summed E-state index contributed by atoms with van der Waals surface area (Å²) in [5, 5.41) is 4.62. The number of hydrogen-bond acceptors (Lipinski definition) is 7. The minimum atomic E-state index is -0.973. The number of carbonyl (C=O) groups excluding carboxylic acids is 4. The Balaban J connectivity index is 2.71. The van der Waals surface area contributed by atoms with Gasteiger partial charge in [-0.1, -0.05) is 11.8 Å². The van der Waals surface area contributed by atoms with Gasteiger partial charge >= 0.3 is 0 Å². The summed E-state index contributed by atoms with van der Waals surface area (Å²) < 4.78 is 0. The molecule has 0 bridgehead atoms. The number of rotatable bonds is 10. The molecular formula is C14H22N6O4S. The van der Waals surface area contributed by atoms with Gasteiger partial charge in [0.1, 0.15) is 12.1 Å². The lowest BCUT2D eigenvalue weighted by molar-refractivity contribution is -0.125. The number of amides is 3. The van der Waals surface area contributed by atoms with Gasteiger partial charge in [0.25, 0.3) is 0 Å². The Labute approximate surface area is 148 Å². The molecule has 7 N–H and O–H groups in total. The fraction of sp³-hybridized carbons (Fsp3) is 0.500. The van der Waals surface area contributed by atoms with Crippen molar-refractivity contribution in [2.24, 2.45) is 11.5 Å². The van der Waals surface area contributed by atoms with E-state index in [1.165, 1.54) is 13.3 Å². The first-order valence-electron chi connectivity index (χ1n) is 7.53. The molecule has 1 aromatic heterocycles. The lowest BCUT2D eigenvalue weighted by atomic mass is 10.2. The van der Waals surface area contributed by atoms with E-state index in [-0.39, 0.29) is 36.2 Å². The van der Waals surface area contributed by atoms with Crippen LogP contribution in [0.4, 0.5) is 0 Å². The van der Waals surface area contributed by atoms with Crippen LogP contribution < -0.4 is 22.1 Å². The first-order chi connectivity index (χ1) is 11.8. The van der Waals surface area contributed by atoms with Crippen molar-refractivity contribution in [1.29, 1.82) is 0 Å². The highest BCUT2D eigenvalue weighted by Gasteiger charge is 2.25. The second-order valence-electron chi connectivity index (χ2n) is 5.23. The van der Waals surface area contributed by atoms with Gasteiger partial charge in [0.15, 0.2) is 0 Å². The maximum absolute atomic E-state index is 12.4. The highest BCUT2D eigenvalue weighted by Crippen LogP contribution is 2.12. The maximum Gasteiger partial charge on any atom is 0.240 e. The molecule has 3 amide bonds. The van der Waals surface area contributed by atoms with Crippen molar-refractivity contribution in [3.8, 4) is 0 Å². The van der Waals surface area contributed by atoms with Crippen molar-refractivity contribution < 1.29 is 19.2 Å². The molecule has 10 nitrogen and oxygen atoms in total. The van der Waals surface area contributed by atoms with Crippen molar-refractivity contribution in [3.05, 3.63) is 18.2 Å². The number of nitrogens with zero attached hydrogens (tertiary/aromatic N) is 1. The molecule has 0 fully saturated rings. The quantitative estimate of drug-likeness (QED) is 0.318. The summed E-state index contributed by atoms with van der Waals surface area (Å²) in [7, 11) is 0. The van der Waals surface area contributed by atoms with Crippen LogP contribution in [0.1, 0.15) is 19.0 Å². The van der Waals surface area contributed by atoms with Gasteiger partial charge < -0.3 is 27.1 Å². The van der Waals surface area contributed by atoms with Crippen LogP contribution in [-0.4, -0.2) is 57.2 Å². The van der Waals surface area contributed by atoms with Gasteiger partial charge in [-0.2, -0.15) is 0 Å². The van der Waals surface area contributed by atoms with E-state index < -0.39 is 23.9 Å². The van der Waals surface area contributed by atoms with Crippen molar-refractivity contribution >= 4 is 34.6 Å². The molecule has 1 rings (SSSR count). The molecular weight excluding hydrogens is 348 g/mol. The third kappa shape index (κ3) is 7.81. The SMILES string of the molecule is CC(=O)N[C@H](CSC(=O)C(Cc1cnc[nH]1)NC(=O)CCN)C(N)=O. The number of H-pyrrole nitrogens is 1. The van der Waals surface area contributed by atoms with Crippen LogP contribution in [-0.2, 0) is 25.6 Å². The topological polar surface area (TPSA) is 173 Å². The minimum Gasteiger partial charge on any atom is -0.368 e. The normalized spacial score (nSPS) is 12.9. The van der Waals surface area contributed by atoms with E-state index in [1.807, 2.05) is 0 Å². The van der Waals surface area contributed by atoms with Crippen LogP contribution in [0.5, 0.6) is 0 Å². The summed E-state index contributed by atoms with van der Waals surface area (Å²) >= 11 is 0.810. The fourth-order valence-corrected chi connectivity index (χ4v) is 2.84. The Morgan fingerprint density at radius 3 is 2.52 bits per heavy atom. The van der Waals surface area contributed by atoms with Crippen LogP contribution in [0.3, 0.4) is 0 Å². The molecule has 1 aromatic rings. The number of thioether (sulfide) groups is 1. The Kier molecular flexibility index (Phi) is 8.64. The average molecular weight is 370 g/mol. The van der Waals surface area contributed by atoms with Crippen LogP contribution in [0.15, 0.2) is 12.5 Å². The number of aromatic amines is 1. The zero-order chi connectivity index (χ0) is 18.8. The Morgan fingerprint density at radius 1 is 1.28 bits per heavy atom.